The van der Waals surface area contributed by atoms with E-state index in [0.29, 0.717) is 26.1 Å². The van der Waals surface area contributed by atoms with Crippen molar-refractivity contribution in [1.82, 2.24) is 14.8 Å². The van der Waals surface area contributed by atoms with Crippen LogP contribution in [0.15, 0.2) is 6.20 Å². The van der Waals surface area contributed by atoms with E-state index in [1.54, 1.807) is 16.2 Å². The van der Waals surface area contributed by atoms with Gasteiger partial charge < -0.3 is 14.5 Å². The standard InChI is InChI=1S/C18H27N3O3S/c1-13-10-19-14(25-13)11-21-12-18(9-15(21)22)5-7-20(8-6-18)16(23)24-17(2,3)4/h10H,5-9,11-12H2,1-4H3. The van der Waals surface area contributed by atoms with Crippen molar-refractivity contribution in [3.8, 4) is 0 Å². The van der Waals surface area contributed by atoms with E-state index in [9.17, 15) is 9.59 Å². The van der Waals surface area contributed by atoms with Gasteiger partial charge in [-0.3, -0.25) is 4.79 Å². The third-order valence-electron chi connectivity index (χ3n) is 4.88. The molecule has 3 rings (SSSR count). The van der Waals surface area contributed by atoms with E-state index in [1.165, 1.54) is 4.88 Å². The van der Waals surface area contributed by atoms with Crippen LogP contribution in [-0.2, 0) is 16.1 Å². The zero-order valence-electron chi connectivity index (χ0n) is 15.5. The van der Waals surface area contributed by atoms with E-state index in [1.807, 2.05) is 38.8 Å². The number of rotatable bonds is 2. The van der Waals surface area contributed by atoms with E-state index < -0.39 is 5.60 Å². The lowest BCUT2D eigenvalue weighted by Crippen LogP contribution is -2.46. The van der Waals surface area contributed by atoms with Crippen LogP contribution >= 0.6 is 11.3 Å². The molecule has 2 saturated heterocycles. The Kier molecular flexibility index (Phi) is 4.79. The SMILES string of the molecule is Cc1cnc(CN2CC3(CCN(C(=O)OC(C)(C)C)CC3)CC2=O)s1. The van der Waals surface area contributed by atoms with Crippen LogP contribution in [0.3, 0.4) is 0 Å². The van der Waals surface area contributed by atoms with E-state index in [4.69, 9.17) is 4.74 Å². The minimum Gasteiger partial charge on any atom is -0.444 e. The number of nitrogens with zero attached hydrogens (tertiary/aromatic N) is 3. The second kappa shape index (κ2) is 6.59. The van der Waals surface area contributed by atoms with Gasteiger partial charge in [-0.15, -0.1) is 11.3 Å². The molecule has 2 aliphatic rings. The van der Waals surface area contributed by atoms with E-state index >= 15 is 0 Å². The Balaban J connectivity index is 1.56. The Hall–Kier alpha value is -1.63. The summed E-state index contributed by atoms with van der Waals surface area (Å²) in [5.41, 5.74) is -0.472. The Morgan fingerprint density at radius 2 is 2.04 bits per heavy atom. The molecule has 0 bridgehead atoms. The molecule has 0 unspecified atom stereocenters. The first-order valence-electron chi connectivity index (χ1n) is 8.83. The lowest BCUT2D eigenvalue weighted by molar-refractivity contribution is -0.128. The average molecular weight is 365 g/mol. The number of amides is 2. The molecule has 3 heterocycles. The summed E-state index contributed by atoms with van der Waals surface area (Å²) in [6, 6.07) is 0. The first-order chi connectivity index (χ1) is 11.7. The highest BCUT2D eigenvalue weighted by Gasteiger charge is 2.45. The van der Waals surface area contributed by atoms with Gasteiger partial charge in [0.1, 0.15) is 10.6 Å². The van der Waals surface area contributed by atoms with Gasteiger partial charge in [0.05, 0.1) is 6.54 Å². The molecule has 138 valence electrons. The zero-order valence-corrected chi connectivity index (χ0v) is 16.3. The van der Waals surface area contributed by atoms with Crippen LogP contribution in [0.2, 0.25) is 0 Å². The maximum atomic E-state index is 12.5. The van der Waals surface area contributed by atoms with Crippen LogP contribution in [-0.4, -0.2) is 52.0 Å². The number of carbonyl (C=O) groups is 2. The summed E-state index contributed by atoms with van der Waals surface area (Å²) in [5, 5.41) is 0.995. The van der Waals surface area contributed by atoms with Gasteiger partial charge in [-0.25, -0.2) is 9.78 Å². The van der Waals surface area contributed by atoms with Crippen LogP contribution in [0, 0.1) is 12.3 Å². The number of piperidine rings is 1. The monoisotopic (exact) mass is 365 g/mol. The van der Waals surface area contributed by atoms with Gasteiger partial charge >= 0.3 is 6.09 Å². The van der Waals surface area contributed by atoms with Crippen molar-refractivity contribution in [3.63, 3.8) is 0 Å². The van der Waals surface area contributed by atoms with Gasteiger partial charge in [0.15, 0.2) is 0 Å². The molecule has 1 aromatic rings. The molecule has 7 heteroatoms. The number of ether oxygens (including phenoxy) is 1. The Morgan fingerprint density at radius 1 is 1.36 bits per heavy atom. The van der Waals surface area contributed by atoms with Gasteiger partial charge in [-0.1, -0.05) is 0 Å². The van der Waals surface area contributed by atoms with Crippen molar-refractivity contribution >= 4 is 23.3 Å². The first kappa shape index (κ1) is 18.2. The minimum atomic E-state index is -0.474. The summed E-state index contributed by atoms with van der Waals surface area (Å²) in [7, 11) is 0. The highest BCUT2D eigenvalue weighted by molar-refractivity contribution is 7.11. The Labute approximate surface area is 153 Å². The Morgan fingerprint density at radius 3 is 2.60 bits per heavy atom. The molecule has 2 amide bonds. The third kappa shape index (κ3) is 4.32. The molecule has 0 radical (unpaired) electrons. The molecule has 1 spiro atoms. The summed E-state index contributed by atoms with van der Waals surface area (Å²) in [6.07, 6.45) is 3.90. The van der Waals surface area contributed by atoms with E-state index in [-0.39, 0.29) is 17.4 Å². The average Bonchev–Trinajstić information content (AvgIpc) is 3.02. The number of likely N-dealkylation sites (tertiary alicyclic amines) is 2. The third-order valence-corrected chi connectivity index (χ3v) is 5.77. The lowest BCUT2D eigenvalue weighted by Gasteiger charge is -2.39. The number of carbonyl (C=O) groups excluding carboxylic acids is 2. The number of aryl methyl sites for hydroxylation is 1. The van der Waals surface area contributed by atoms with Crippen LogP contribution in [0.5, 0.6) is 0 Å². The predicted octanol–water partition coefficient (Wildman–Crippen LogP) is 3.20. The number of aromatic nitrogens is 1. The molecule has 6 nitrogen and oxygen atoms in total. The fraction of sp³-hybridized carbons (Fsp3) is 0.722. The molecule has 0 N–H and O–H groups in total. The van der Waals surface area contributed by atoms with Crippen LogP contribution in [0.4, 0.5) is 4.79 Å². The molecular weight excluding hydrogens is 338 g/mol. The summed E-state index contributed by atoms with van der Waals surface area (Å²) in [6.45, 7) is 10.4. The zero-order chi connectivity index (χ0) is 18.2. The minimum absolute atomic E-state index is 0.00188. The van der Waals surface area contributed by atoms with Gasteiger partial charge in [0.2, 0.25) is 5.91 Å². The largest absolute Gasteiger partial charge is 0.444 e. The van der Waals surface area contributed by atoms with Gasteiger partial charge in [0, 0.05) is 42.5 Å². The molecule has 2 fully saturated rings. The second-order valence-electron chi connectivity index (χ2n) is 8.26. The van der Waals surface area contributed by atoms with E-state index in [0.717, 1.165) is 24.4 Å². The first-order valence-corrected chi connectivity index (χ1v) is 9.65. The van der Waals surface area contributed by atoms with E-state index in [2.05, 4.69) is 4.98 Å². The van der Waals surface area contributed by atoms with Gasteiger partial charge in [0.25, 0.3) is 0 Å². The molecule has 0 aromatic carbocycles. The Bertz CT molecular complexity index is 657. The fourth-order valence-corrected chi connectivity index (χ4v) is 4.39. The van der Waals surface area contributed by atoms with Crippen molar-refractivity contribution < 1.29 is 14.3 Å². The predicted molar refractivity (Wildman–Crippen MR) is 96.4 cm³/mol. The van der Waals surface area contributed by atoms with Crippen molar-refractivity contribution in [2.75, 3.05) is 19.6 Å². The van der Waals surface area contributed by atoms with Crippen LogP contribution in [0.1, 0.15) is 49.9 Å². The quantitative estimate of drug-likeness (QED) is 0.807. The number of hydrogen-bond acceptors (Lipinski definition) is 5. The maximum absolute atomic E-state index is 12.5. The van der Waals surface area contributed by atoms with Crippen molar-refractivity contribution in [2.45, 2.75) is 59.1 Å². The van der Waals surface area contributed by atoms with Gasteiger partial charge in [-0.05, 0) is 40.5 Å². The number of thiazole rings is 1. The van der Waals surface area contributed by atoms with Crippen molar-refractivity contribution in [2.24, 2.45) is 5.41 Å². The lowest BCUT2D eigenvalue weighted by atomic mass is 9.78. The highest BCUT2D eigenvalue weighted by atomic mass is 32.1. The normalized spacial score (nSPS) is 20.4. The molecule has 0 aliphatic carbocycles. The summed E-state index contributed by atoms with van der Waals surface area (Å²) >= 11 is 1.65. The molecule has 0 saturated carbocycles. The van der Waals surface area contributed by atoms with Crippen molar-refractivity contribution in [3.05, 3.63) is 16.1 Å². The second-order valence-corrected chi connectivity index (χ2v) is 9.58. The van der Waals surface area contributed by atoms with Gasteiger partial charge in [-0.2, -0.15) is 0 Å². The molecular formula is C18H27N3O3S. The molecule has 25 heavy (non-hydrogen) atoms. The summed E-state index contributed by atoms with van der Waals surface area (Å²) < 4.78 is 5.45. The van der Waals surface area contributed by atoms with Crippen molar-refractivity contribution in [1.29, 1.82) is 0 Å². The topological polar surface area (TPSA) is 62.7 Å². The molecule has 0 atom stereocenters. The summed E-state index contributed by atoms with van der Waals surface area (Å²) in [5.74, 6) is 0.207. The summed E-state index contributed by atoms with van der Waals surface area (Å²) in [4.78, 5) is 33.9. The van der Waals surface area contributed by atoms with Crippen LogP contribution < -0.4 is 0 Å². The molecule has 1 aromatic heterocycles. The maximum Gasteiger partial charge on any atom is 0.410 e. The highest BCUT2D eigenvalue weighted by Crippen LogP contribution is 2.41. The fourth-order valence-electron chi connectivity index (χ4n) is 3.59. The smallest absolute Gasteiger partial charge is 0.410 e. The van der Waals surface area contributed by atoms with Crippen LogP contribution in [0.25, 0.3) is 0 Å². The number of hydrogen-bond donors (Lipinski definition) is 0. The molecule has 2 aliphatic heterocycles.